The normalized spacial score (nSPS) is 26.2. The van der Waals surface area contributed by atoms with Gasteiger partial charge in [0.15, 0.2) is 0 Å². The predicted molar refractivity (Wildman–Crippen MR) is 55.5 cm³/mol. The Morgan fingerprint density at radius 3 is 2.54 bits per heavy atom. The minimum Gasteiger partial charge on any atom is -0.341 e. The maximum Gasteiger partial charge on any atom is 0.0840 e. The number of aromatic nitrogens is 1. The third-order valence-electron chi connectivity index (χ3n) is 2.52. The predicted octanol–water partition coefficient (Wildman–Crippen LogP) is 2.89. The monoisotopic (exact) mass is 171 g/mol. The maximum atomic E-state index is 3.91. The van der Waals surface area contributed by atoms with Crippen LogP contribution in [-0.2, 0) is 5.54 Å². The minimum absolute atomic E-state index is 0.0434. The van der Waals surface area contributed by atoms with Crippen molar-refractivity contribution in [2.45, 2.75) is 12.0 Å². The van der Waals surface area contributed by atoms with Crippen LogP contribution in [0.15, 0.2) is 61.5 Å². The fourth-order valence-corrected chi connectivity index (χ4v) is 1.69. The molecule has 0 aromatic carbocycles. The Morgan fingerprint density at radius 2 is 2.00 bits per heavy atom. The van der Waals surface area contributed by atoms with Crippen LogP contribution in [0.25, 0.3) is 0 Å². The van der Waals surface area contributed by atoms with E-state index in [1.165, 1.54) is 0 Å². The van der Waals surface area contributed by atoms with Crippen molar-refractivity contribution in [3.63, 3.8) is 0 Å². The summed E-state index contributed by atoms with van der Waals surface area (Å²) in [6.45, 7) is 3.91. The average Bonchev–Trinajstić information content (AvgIpc) is 2.72. The Labute approximate surface area is 78.7 Å². The van der Waals surface area contributed by atoms with E-state index in [0.29, 0.717) is 0 Å². The molecule has 1 aromatic heterocycles. The fraction of sp³-hybridized carbons (Fsp3) is 0.167. The average molecular weight is 171 g/mol. The van der Waals surface area contributed by atoms with Gasteiger partial charge in [0.05, 0.1) is 5.54 Å². The summed E-state index contributed by atoms with van der Waals surface area (Å²) < 4.78 is 2.18. The largest absolute Gasteiger partial charge is 0.341 e. The molecule has 13 heavy (non-hydrogen) atoms. The number of nitrogens with zero attached hydrogens (tertiary/aromatic N) is 1. The summed E-state index contributed by atoms with van der Waals surface area (Å²) in [4.78, 5) is 0. The van der Waals surface area contributed by atoms with Crippen molar-refractivity contribution < 1.29 is 0 Å². The van der Waals surface area contributed by atoms with E-state index in [0.717, 1.165) is 6.42 Å². The topological polar surface area (TPSA) is 4.93 Å². The van der Waals surface area contributed by atoms with Gasteiger partial charge in [-0.05, 0) is 18.6 Å². The molecular weight excluding hydrogens is 158 g/mol. The molecule has 0 N–H and O–H groups in total. The standard InChI is InChI=1S/C12H13N/c1-2-12(8-4-3-5-9-12)13-10-6-7-11-13/h2-8,10-11H,1,9H2. The van der Waals surface area contributed by atoms with Gasteiger partial charge in [-0.3, -0.25) is 0 Å². The molecule has 1 heteroatoms. The van der Waals surface area contributed by atoms with Crippen LogP contribution in [0.5, 0.6) is 0 Å². The first kappa shape index (κ1) is 8.11. The summed E-state index contributed by atoms with van der Waals surface area (Å²) in [6.07, 6.45) is 15.6. The van der Waals surface area contributed by atoms with Crippen molar-refractivity contribution in [3.8, 4) is 0 Å². The minimum atomic E-state index is -0.0434. The second kappa shape index (κ2) is 3.09. The Bertz CT molecular complexity index is 343. The highest BCUT2D eigenvalue weighted by atomic mass is 15.0. The lowest BCUT2D eigenvalue weighted by molar-refractivity contribution is 0.470. The molecule has 1 unspecified atom stereocenters. The van der Waals surface area contributed by atoms with Gasteiger partial charge in [-0.15, -0.1) is 6.58 Å². The van der Waals surface area contributed by atoms with E-state index in [-0.39, 0.29) is 5.54 Å². The van der Waals surface area contributed by atoms with Crippen molar-refractivity contribution in [2.24, 2.45) is 0 Å². The van der Waals surface area contributed by atoms with Gasteiger partial charge in [-0.2, -0.15) is 0 Å². The Kier molecular flexibility index (Phi) is 1.93. The molecule has 2 rings (SSSR count). The van der Waals surface area contributed by atoms with Crippen molar-refractivity contribution in [3.05, 3.63) is 61.5 Å². The smallest absolute Gasteiger partial charge is 0.0840 e. The highest BCUT2D eigenvalue weighted by molar-refractivity contribution is 5.25. The van der Waals surface area contributed by atoms with Crippen LogP contribution in [0, 0.1) is 0 Å². The van der Waals surface area contributed by atoms with Crippen molar-refractivity contribution in [1.82, 2.24) is 4.57 Å². The molecule has 0 radical (unpaired) electrons. The van der Waals surface area contributed by atoms with Gasteiger partial charge in [0.2, 0.25) is 0 Å². The van der Waals surface area contributed by atoms with E-state index in [2.05, 4.69) is 47.8 Å². The SMILES string of the molecule is C=CC1(n2cccc2)C=CC=CC1. The van der Waals surface area contributed by atoms with Gasteiger partial charge in [0, 0.05) is 12.4 Å². The van der Waals surface area contributed by atoms with Crippen molar-refractivity contribution >= 4 is 0 Å². The summed E-state index contributed by atoms with van der Waals surface area (Å²) >= 11 is 0. The summed E-state index contributed by atoms with van der Waals surface area (Å²) in [5.74, 6) is 0. The Morgan fingerprint density at radius 1 is 1.23 bits per heavy atom. The lowest BCUT2D eigenvalue weighted by atomic mass is 9.91. The lowest BCUT2D eigenvalue weighted by Crippen LogP contribution is -2.27. The quantitative estimate of drug-likeness (QED) is 0.603. The summed E-state index contributed by atoms with van der Waals surface area (Å²) in [6, 6.07) is 4.08. The van der Waals surface area contributed by atoms with Crippen LogP contribution < -0.4 is 0 Å². The van der Waals surface area contributed by atoms with Crippen molar-refractivity contribution in [2.75, 3.05) is 0 Å². The summed E-state index contributed by atoms with van der Waals surface area (Å²) in [7, 11) is 0. The van der Waals surface area contributed by atoms with Gasteiger partial charge in [-0.1, -0.05) is 30.4 Å². The molecule has 66 valence electrons. The van der Waals surface area contributed by atoms with Gasteiger partial charge in [-0.25, -0.2) is 0 Å². The van der Waals surface area contributed by atoms with Crippen LogP contribution in [0.2, 0.25) is 0 Å². The first-order valence-electron chi connectivity index (χ1n) is 4.49. The second-order valence-corrected chi connectivity index (χ2v) is 3.28. The highest BCUT2D eigenvalue weighted by Crippen LogP contribution is 2.27. The first-order valence-corrected chi connectivity index (χ1v) is 4.49. The Hall–Kier alpha value is -1.50. The third-order valence-corrected chi connectivity index (χ3v) is 2.52. The van der Waals surface area contributed by atoms with E-state index in [1.54, 1.807) is 0 Å². The summed E-state index contributed by atoms with van der Waals surface area (Å²) in [5.41, 5.74) is -0.0434. The van der Waals surface area contributed by atoms with Crippen molar-refractivity contribution in [1.29, 1.82) is 0 Å². The summed E-state index contributed by atoms with van der Waals surface area (Å²) in [5, 5.41) is 0. The molecule has 1 heterocycles. The molecule has 1 aromatic rings. The van der Waals surface area contributed by atoms with Crippen LogP contribution in [0.3, 0.4) is 0 Å². The maximum absolute atomic E-state index is 3.91. The van der Waals surface area contributed by atoms with E-state index < -0.39 is 0 Å². The second-order valence-electron chi connectivity index (χ2n) is 3.28. The molecule has 0 saturated heterocycles. The highest BCUT2D eigenvalue weighted by Gasteiger charge is 2.23. The van der Waals surface area contributed by atoms with E-state index >= 15 is 0 Å². The van der Waals surface area contributed by atoms with Crippen LogP contribution in [0.4, 0.5) is 0 Å². The number of allylic oxidation sites excluding steroid dienone is 5. The van der Waals surface area contributed by atoms with Gasteiger partial charge < -0.3 is 4.57 Å². The molecule has 0 amide bonds. The van der Waals surface area contributed by atoms with Crippen LogP contribution >= 0.6 is 0 Å². The molecular formula is C12H13N. The molecule has 0 saturated carbocycles. The third kappa shape index (κ3) is 1.26. The molecule has 0 fully saturated rings. The van der Waals surface area contributed by atoms with E-state index in [9.17, 15) is 0 Å². The zero-order valence-corrected chi connectivity index (χ0v) is 7.56. The Balaban J connectivity index is 2.42. The van der Waals surface area contributed by atoms with Crippen LogP contribution in [0.1, 0.15) is 6.42 Å². The molecule has 0 spiro atoms. The van der Waals surface area contributed by atoms with E-state index in [1.807, 2.05) is 18.2 Å². The molecule has 1 aliphatic rings. The van der Waals surface area contributed by atoms with Gasteiger partial charge in [0.1, 0.15) is 0 Å². The zero-order chi connectivity index (χ0) is 9.15. The zero-order valence-electron chi connectivity index (χ0n) is 7.56. The number of hydrogen-bond acceptors (Lipinski definition) is 0. The fourth-order valence-electron chi connectivity index (χ4n) is 1.69. The van der Waals surface area contributed by atoms with E-state index in [4.69, 9.17) is 0 Å². The number of hydrogen-bond donors (Lipinski definition) is 0. The molecule has 0 aliphatic heterocycles. The molecule has 1 atom stereocenters. The number of rotatable bonds is 2. The lowest BCUT2D eigenvalue weighted by Gasteiger charge is -2.29. The first-order chi connectivity index (χ1) is 6.37. The molecule has 1 aliphatic carbocycles. The molecule has 1 nitrogen and oxygen atoms in total. The van der Waals surface area contributed by atoms with Gasteiger partial charge >= 0.3 is 0 Å². The molecule has 0 bridgehead atoms. The van der Waals surface area contributed by atoms with Gasteiger partial charge in [0.25, 0.3) is 0 Å². The van der Waals surface area contributed by atoms with Crippen LogP contribution in [-0.4, -0.2) is 4.57 Å².